The van der Waals surface area contributed by atoms with Gasteiger partial charge in [0.1, 0.15) is 17.2 Å². The van der Waals surface area contributed by atoms with Crippen molar-refractivity contribution in [1.82, 2.24) is 0 Å². The molecule has 4 aromatic rings. The Bertz CT molecular complexity index is 1610. The highest BCUT2D eigenvalue weighted by atomic mass is 35.5. The number of aryl methyl sites for hydroxylation is 1. The summed E-state index contributed by atoms with van der Waals surface area (Å²) in [4.78, 5) is 27.7. The minimum atomic E-state index is -0.333. The van der Waals surface area contributed by atoms with Crippen LogP contribution in [0.2, 0.25) is 5.02 Å². The summed E-state index contributed by atoms with van der Waals surface area (Å²) in [6.07, 6.45) is 1.72. The van der Waals surface area contributed by atoms with Crippen molar-refractivity contribution >= 4 is 69.2 Å². The second kappa shape index (κ2) is 12.4. The van der Waals surface area contributed by atoms with Crippen LogP contribution in [0.4, 0.5) is 11.4 Å². The van der Waals surface area contributed by atoms with Crippen molar-refractivity contribution in [3.63, 3.8) is 0 Å². The van der Waals surface area contributed by atoms with Gasteiger partial charge in [0.05, 0.1) is 10.6 Å². The highest BCUT2D eigenvalue weighted by Crippen LogP contribution is 2.38. The number of thioether (sulfide) groups is 1. The first kappa shape index (κ1) is 27.5. The zero-order valence-electron chi connectivity index (χ0n) is 21.3. The number of carbonyl (C=O) groups is 2. The lowest BCUT2D eigenvalue weighted by molar-refractivity contribution is -0.118. The third-order valence-corrected chi connectivity index (χ3v) is 7.60. The van der Waals surface area contributed by atoms with E-state index in [1.165, 1.54) is 16.7 Å². The summed E-state index contributed by atoms with van der Waals surface area (Å²) in [5.74, 6) is 1.27. The van der Waals surface area contributed by atoms with Crippen LogP contribution < -0.4 is 19.7 Å². The van der Waals surface area contributed by atoms with Gasteiger partial charge in [-0.05, 0) is 73.2 Å². The van der Waals surface area contributed by atoms with Crippen LogP contribution in [0.25, 0.3) is 6.08 Å². The topological polar surface area (TPSA) is 67.9 Å². The van der Waals surface area contributed by atoms with Crippen LogP contribution in [-0.4, -0.2) is 22.7 Å². The number of hydrogen-bond acceptors (Lipinski definition) is 6. The maximum atomic E-state index is 13.3. The van der Waals surface area contributed by atoms with Crippen molar-refractivity contribution in [2.24, 2.45) is 0 Å². The Hall–Kier alpha value is -4.11. The summed E-state index contributed by atoms with van der Waals surface area (Å²) < 4.78 is 12.1. The quantitative estimate of drug-likeness (QED) is 0.167. The second-order valence-corrected chi connectivity index (χ2v) is 10.8. The molecule has 1 saturated heterocycles. The molecule has 2 amide bonds. The minimum absolute atomic E-state index is 0.214. The maximum Gasteiger partial charge on any atom is 0.270 e. The number of nitrogens with one attached hydrogen (secondary N) is 1. The Labute approximate surface area is 246 Å². The van der Waals surface area contributed by atoms with Gasteiger partial charge in [-0.1, -0.05) is 78.0 Å². The van der Waals surface area contributed by atoms with E-state index in [4.69, 9.17) is 33.3 Å². The van der Waals surface area contributed by atoms with E-state index in [9.17, 15) is 9.59 Å². The number of benzene rings is 4. The minimum Gasteiger partial charge on any atom is -0.483 e. The van der Waals surface area contributed by atoms with E-state index < -0.39 is 0 Å². The van der Waals surface area contributed by atoms with Crippen molar-refractivity contribution in [1.29, 1.82) is 0 Å². The van der Waals surface area contributed by atoms with Crippen molar-refractivity contribution < 1.29 is 19.1 Å². The van der Waals surface area contributed by atoms with Gasteiger partial charge in [0.25, 0.3) is 11.8 Å². The molecule has 9 heteroatoms. The molecule has 0 atom stereocenters. The lowest BCUT2D eigenvalue weighted by Crippen LogP contribution is -2.27. The number of para-hydroxylation sites is 2. The average Bonchev–Trinajstić information content (AvgIpc) is 3.23. The van der Waals surface area contributed by atoms with Crippen LogP contribution >= 0.6 is 35.6 Å². The molecule has 1 heterocycles. The number of nitrogens with zero attached hydrogens (tertiary/aromatic N) is 1. The lowest BCUT2D eigenvalue weighted by Gasteiger charge is -2.15. The SMILES string of the molecule is Cc1ccc(NC(=O)COc2ccccc2/C=C2\SC(=S)N(c3ccc(Oc4ccccc4)cc3)C2=O)cc1Cl. The first-order chi connectivity index (χ1) is 19.4. The van der Waals surface area contributed by atoms with Gasteiger partial charge < -0.3 is 14.8 Å². The van der Waals surface area contributed by atoms with E-state index in [1.54, 1.807) is 54.6 Å². The van der Waals surface area contributed by atoms with Gasteiger partial charge in [0.15, 0.2) is 10.9 Å². The molecular formula is C31H23ClN2O4S2. The second-order valence-electron chi connectivity index (χ2n) is 8.76. The zero-order chi connectivity index (χ0) is 28.1. The highest BCUT2D eigenvalue weighted by molar-refractivity contribution is 8.27. The molecule has 5 rings (SSSR count). The smallest absolute Gasteiger partial charge is 0.270 e. The van der Waals surface area contributed by atoms with Crippen LogP contribution in [0.5, 0.6) is 17.2 Å². The molecule has 0 unspecified atom stereocenters. The number of hydrogen-bond donors (Lipinski definition) is 1. The molecule has 1 N–H and O–H groups in total. The van der Waals surface area contributed by atoms with Gasteiger partial charge in [-0.3, -0.25) is 14.5 Å². The number of carbonyl (C=O) groups excluding carboxylic acids is 2. The van der Waals surface area contributed by atoms with Crippen molar-refractivity contribution in [3.05, 3.63) is 118 Å². The van der Waals surface area contributed by atoms with E-state index in [0.29, 0.717) is 42.7 Å². The summed E-state index contributed by atoms with van der Waals surface area (Å²) in [5, 5.41) is 3.34. The summed E-state index contributed by atoms with van der Waals surface area (Å²) in [6, 6.07) is 29.1. The Balaban J connectivity index is 1.26. The number of rotatable bonds is 8. The third-order valence-electron chi connectivity index (χ3n) is 5.89. The molecule has 1 aliphatic rings. The van der Waals surface area contributed by atoms with E-state index >= 15 is 0 Å². The highest BCUT2D eigenvalue weighted by Gasteiger charge is 2.33. The van der Waals surface area contributed by atoms with Gasteiger partial charge in [0, 0.05) is 16.3 Å². The van der Waals surface area contributed by atoms with E-state index in [2.05, 4.69) is 5.32 Å². The molecule has 0 saturated carbocycles. The van der Waals surface area contributed by atoms with Crippen molar-refractivity contribution in [2.75, 3.05) is 16.8 Å². The predicted molar refractivity (Wildman–Crippen MR) is 165 cm³/mol. The molecule has 4 aromatic carbocycles. The lowest BCUT2D eigenvalue weighted by atomic mass is 10.2. The maximum absolute atomic E-state index is 13.3. The number of ether oxygens (including phenoxy) is 2. The largest absolute Gasteiger partial charge is 0.483 e. The fraction of sp³-hybridized carbons (Fsp3) is 0.0645. The molecule has 0 spiro atoms. The zero-order valence-corrected chi connectivity index (χ0v) is 23.7. The molecule has 40 heavy (non-hydrogen) atoms. The fourth-order valence-electron chi connectivity index (χ4n) is 3.86. The van der Waals surface area contributed by atoms with Crippen molar-refractivity contribution in [3.8, 4) is 17.2 Å². The molecular weight excluding hydrogens is 564 g/mol. The molecule has 200 valence electrons. The molecule has 0 aromatic heterocycles. The van der Waals surface area contributed by atoms with Crippen LogP contribution in [0.3, 0.4) is 0 Å². The van der Waals surface area contributed by atoms with E-state index in [-0.39, 0.29) is 18.4 Å². The average molecular weight is 587 g/mol. The van der Waals surface area contributed by atoms with Crippen LogP contribution in [0.15, 0.2) is 102 Å². The normalized spacial score (nSPS) is 13.9. The molecule has 0 aliphatic carbocycles. The predicted octanol–water partition coefficient (Wildman–Crippen LogP) is 7.86. The molecule has 1 aliphatic heterocycles. The van der Waals surface area contributed by atoms with Crippen molar-refractivity contribution in [2.45, 2.75) is 6.92 Å². The Morgan fingerprint density at radius 3 is 2.42 bits per heavy atom. The Kier molecular flexibility index (Phi) is 8.50. The fourth-order valence-corrected chi connectivity index (χ4v) is 5.33. The standard InChI is InChI=1S/C31H23ClN2O4S2/c1-20-11-12-22(18-26(20)32)33-29(35)19-37-27-10-6-5-7-21(27)17-28-30(36)34(31(39)40-28)23-13-15-25(16-14-23)38-24-8-3-2-4-9-24/h2-18H,19H2,1H3,(H,33,35)/b28-17-. The molecule has 0 radical (unpaired) electrons. The summed E-state index contributed by atoms with van der Waals surface area (Å²) in [7, 11) is 0. The third kappa shape index (κ3) is 6.54. The number of halogens is 1. The first-order valence-electron chi connectivity index (χ1n) is 12.3. The first-order valence-corrected chi connectivity index (χ1v) is 13.9. The van der Waals surface area contributed by atoms with Gasteiger partial charge >= 0.3 is 0 Å². The van der Waals surface area contributed by atoms with Gasteiger partial charge in [-0.25, -0.2) is 0 Å². The monoisotopic (exact) mass is 586 g/mol. The summed E-state index contributed by atoms with van der Waals surface area (Å²) in [5.41, 5.74) is 2.80. The molecule has 6 nitrogen and oxygen atoms in total. The summed E-state index contributed by atoms with van der Waals surface area (Å²) >= 11 is 12.9. The number of anilines is 2. The Morgan fingerprint density at radius 2 is 1.68 bits per heavy atom. The van der Waals surface area contributed by atoms with Crippen LogP contribution in [-0.2, 0) is 9.59 Å². The van der Waals surface area contributed by atoms with Gasteiger partial charge in [-0.2, -0.15) is 0 Å². The van der Waals surface area contributed by atoms with E-state index in [1.807, 2.05) is 55.5 Å². The number of thiocarbonyl (C=S) groups is 1. The van der Waals surface area contributed by atoms with E-state index in [0.717, 1.165) is 11.3 Å². The van der Waals surface area contributed by atoms with Crippen LogP contribution in [0, 0.1) is 6.92 Å². The van der Waals surface area contributed by atoms with Gasteiger partial charge in [0.2, 0.25) is 0 Å². The molecule has 0 bridgehead atoms. The molecule has 1 fully saturated rings. The van der Waals surface area contributed by atoms with Crippen LogP contribution in [0.1, 0.15) is 11.1 Å². The number of amides is 2. The summed E-state index contributed by atoms with van der Waals surface area (Å²) in [6.45, 7) is 1.67. The Morgan fingerprint density at radius 1 is 0.975 bits per heavy atom. The van der Waals surface area contributed by atoms with Gasteiger partial charge in [-0.15, -0.1) is 0 Å².